The van der Waals surface area contributed by atoms with Gasteiger partial charge in [0.15, 0.2) is 5.66 Å². The SMILES string of the molecule is CC1(C(=O)NCc2cccnc2)NC(=O)c2ccccc2N1. The van der Waals surface area contributed by atoms with Gasteiger partial charge < -0.3 is 16.0 Å². The van der Waals surface area contributed by atoms with Gasteiger partial charge in [-0.25, -0.2) is 0 Å². The van der Waals surface area contributed by atoms with Crippen molar-refractivity contribution in [2.24, 2.45) is 0 Å². The van der Waals surface area contributed by atoms with Gasteiger partial charge in [0.1, 0.15) is 0 Å². The molecule has 1 aromatic heterocycles. The molecule has 1 unspecified atom stereocenters. The van der Waals surface area contributed by atoms with Crippen LogP contribution in [0.1, 0.15) is 22.8 Å². The van der Waals surface area contributed by atoms with E-state index in [-0.39, 0.29) is 11.8 Å². The monoisotopic (exact) mass is 296 g/mol. The Morgan fingerprint density at radius 2 is 2.05 bits per heavy atom. The third kappa shape index (κ3) is 2.63. The predicted molar refractivity (Wildman–Crippen MR) is 82.0 cm³/mol. The molecule has 0 saturated heterocycles. The van der Waals surface area contributed by atoms with Gasteiger partial charge >= 0.3 is 0 Å². The Hall–Kier alpha value is -2.89. The summed E-state index contributed by atoms with van der Waals surface area (Å²) in [6, 6.07) is 10.8. The maximum atomic E-state index is 12.4. The second-order valence-electron chi connectivity index (χ2n) is 5.29. The van der Waals surface area contributed by atoms with Gasteiger partial charge in [-0.1, -0.05) is 18.2 Å². The maximum Gasteiger partial charge on any atom is 0.266 e. The molecule has 0 spiro atoms. The van der Waals surface area contributed by atoms with Gasteiger partial charge in [-0.3, -0.25) is 14.6 Å². The summed E-state index contributed by atoms with van der Waals surface area (Å²) in [5, 5.41) is 8.59. The normalized spacial score (nSPS) is 19.6. The van der Waals surface area contributed by atoms with Gasteiger partial charge in [0.25, 0.3) is 11.8 Å². The molecule has 2 amide bonds. The molecule has 1 aliphatic rings. The largest absolute Gasteiger partial charge is 0.355 e. The number of pyridine rings is 1. The van der Waals surface area contributed by atoms with Crippen LogP contribution in [0.3, 0.4) is 0 Å². The van der Waals surface area contributed by atoms with Crippen LogP contribution >= 0.6 is 0 Å². The number of carbonyl (C=O) groups excluding carboxylic acids is 2. The van der Waals surface area contributed by atoms with Crippen LogP contribution < -0.4 is 16.0 Å². The lowest BCUT2D eigenvalue weighted by molar-refractivity contribution is -0.126. The quantitative estimate of drug-likeness (QED) is 0.796. The summed E-state index contributed by atoms with van der Waals surface area (Å²) in [5.74, 6) is -0.576. The number of hydrogen-bond acceptors (Lipinski definition) is 4. The van der Waals surface area contributed by atoms with Crippen molar-refractivity contribution in [1.29, 1.82) is 0 Å². The molecule has 0 radical (unpaired) electrons. The Bertz CT molecular complexity index is 717. The first-order valence-electron chi connectivity index (χ1n) is 6.95. The van der Waals surface area contributed by atoms with Crippen molar-refractivity contribution in [3.8, 4) is 0 Å². The van der Waals surface area contributed by atoms with Crippen molar-refractivity contribution >= 4 is 17.5 Å². The molecule has 2 heterocycles. The molecular weight excluding hydrogens is 280 g/mol. The van der Waals surface area contributed by atoms with Crippen molar-refractivity contribution in [2.75, 3.05) is 5.32 Å². The second kappa shape index (κ2) is 5.48. The van der Waals surface area contributed by atoms with E-state index in [1.54, 1.807) is 43.6 Å². The average molecular weight is 296 g/mol. The third-order valence-corrected chi connectivity index (χ3v) is 3.55. The lowest BCUT2D eigenvalue weighted by Gasteiger charge is -2.36. The van der Waals surface area contributed by atoms with E-state index in [0.29, 0.717) is 17.8 Å². The number of nitrogens with zero attached hydrogens (tertiary/aromatic N) is 1. The minimum absolute atomic E-state index is 0.270. The molecule has 3 N–H and O–H groups in total. The van der Waals surface area contributed by atoms with Crippen LogP contribution in [0, 0.1) is 0 Å². The molecular formula is C16H16N4O2. The Labute approximate surface area is 127 Å². The van der Waals surface area contributed by atoms with Crippen LogP contribution in [0.5, 0.6) is 0 Å². The van der Waals surface area contributed by atoms with Gasteiger partial charge in [0.2, 0.25) is 0 Å². The zero-order valence-electron chi connectivity index (χ0n) is 12.1. The minimum Gasteiger partial charge on any atom is -0.355 e. The number of benzene rings is 1. The summed E-state index contributed by atoms with van der Waals surface area (Å²) >= 11 is 0. The summed E-state index contributed by atoms with van der Waals surface area (Å²) in [6.07, 6.45) is 3.36. The molecule has 0 saturated carbocycles. The van der Waals surface area contributed by atoms with E-state index in [1.807, 2.05) is 12.1 Å². The maximum absolute atomic E-state index is 12.4. The van der Waals surface area contributed by atoms with E-state index >= 15 is 0 Å². The number of aromatic nitrogens is 1. The van der Waals surface area contributed by atoms with Crippen LogP contribution in [0.25, 0.3) is 0 Å². The number of hydrogen-bond donors (Lipinski definition) is 3. The summed E-state index contributed by atoms with van der Waals surface area (Å²) in [7, 11) is 0. The molecule has 3 rings (SSSR count). The highest BCUT2D eigenvalue weighted by molar-refractivity contribution is 6.06. The van der Waals surface area contributed by atoms with Crippen LogP contribution in [0.4, 0.5) is 5.69 Å². The molecule has 2 aromatic rings. The number of fused-ring (bicyclic) bond motifs is 1. The Kier molecular flexibility index (Phi) is 3.50. The number of rotatable bonds is 3. The van der Waals surface area contributed by atoms with Crippen molar-refractivity contribution < 1.29 is 9.59 Å². The van der Waals surface area contributed by atoms with Crippen LogP contribution in [-0.4, -0.2) is 22.5 Å². The summed E-state index contributed by atoms with van der Waals surface area (Å²) in [5.41, 5.74) is 0.875. The highest BCUT2D eigenvalue weighted by Crippen LogP contribution is 2.24. The van der Waals surface area contributed by atoms with E-state index in [4.69, 9.17) is 0 Å². The first-order chi connectivity index (χ1) is 10.6. The van der Waals surface area contributed by atoms with E-state index in [0.717, 1.165) is 5.56 Å². The molecule has 6 heteroatoms. The van der Waals surface area contributed by atoms with E-state index < -0.39 is 5.66 Å². The van der Waals surface area contributed by atoms with E-state index in [1.165, 1.54) is 0 Å². The smallest absolute Gasteiger partial charge is 0.266 e. The van der Waals surface area contributed by atoms with Crippen LogP contribution in [0.15, 0.2) is 48.8 Å². The fraction of sp³-hybridized carbons (Fsp3) is 0.188. The van der Waals surface area contributed by atoms with Gasteiger partial charge in [0, 0.05) is 24.6 Å². The fourth-order valence-electron chi connectivity index (χ4n) is 2.36. The minimum atomic E-state index is -1.19. The van der Waals surface area contributed by atoms with E-state index in [2.05, 4.69) is 20.9 Å². The molecule has 112 valence electrons. The zero-order valence-corrected chi connectivity index (χ0v) is 12.1. The number of carbonyl (C=O) groups is 2. The molecule has 0 fully saturated rings. The predicted octanol–water partition coefficient (Wildman–Crippen LogP) is 1.27. The van der Waals surface area contributed by atoms with Gasteiger partial charge in [-0.15, -0.1) is 0 Å². The van der Waals surface area contributed by atoms with Crippen molar-refractivity contribution in [3.63, 3.8) is 0 Å². The molecule has 1 aromatic carbocycles. The van der Waals surface area contributed by atoms with Crippen molar-refractivity contribution in [2.45, 2.75) is 19.1 Å². The Balaban J connectivity index is 1.74. The standard InChI is InChI=1S/C16H16N4O2/c1-16(15(22)18-10-11-5-4-8-17-9-11)19-13-7-3-2-6-12(13)14(21)20-16/h2-9,19H,10H2,1H3,(H,18,22)(H,20,21). The summed E-state index contributed by atoms with van der Waals surface area (Å²) < 4.78 is 0. The molecule has 0 aliphatic carbocycles. The first-order valence-corrected chi connectivity index (χ1v) is 6.95. The number of amides is 2. The molecule has 6 nitrogen and oxygen atoms in total. The second-order valence-corrected chi connectivity index (χ2v) is 5.29. The fourth-order valence-corrected chi connectivity index (χ4v) is 2.36. The molecule has 1 atom stereocenters. The summed E-state index contributed by atoms with van der Waals surface area (Å²) in [6.45, 7) is 1.99. The van der Waals surface area contributed by atoms with Crippen molar-refractivity contribution in [1.82, 2.24) is 15.6 Å². The van der Waals surface area contributed by atoms with Gasteiger partial charge in [-0.05, 0) is 30.7 Å². The Morgan fingerprint density at radius 1 is 1.23 bits per heavy atom. The molecule has 22 heavy (non-hydrogen) atoms. The number of nitrogens with one attached hydrogen (secondary N) is 3. The summed E-state index contributed by atoms with van der Waals surface area (Å²) in [4.78, 5) is 28.6. The number of anilines is 1. The highest BCUT2D eigenvalue weighted by Gasteiger charge is 2.39. The van der Waals surface area contributed by atoms with Crippen LogP contribution in [-0.2, 0) is 11.3 Å². The molecule has 1 aliphatic heterocycles. The van der Waals surface area contributed by atoms with Crippen LogP contribution in [0.2, 0.25) is 0 Å². The van der Waals surface area contributed by atoms with Gasteiger partial charge in [0.05, 0.1) is 5.56 Å². The first kappa shape index (κ1) is 14.1. The highest BCUT2D eigenvalue weighted by atomic mass is 16.2. The zero-order chi connectivity index (χ0) is 15.6. The lowest BCUT2D eigenvalue weighted by atomic mass is 10.0. The van der Waals surface area contributed by atoms with Crippen molar-refractivity contribution in [3.05, 3.63) is 59.9 Å². The van der Waals surface area contributed by atoms with E-state index in [9.17, 15) is 9.59 Å². The Morgan fingerprint density at radius 3 is 2.82 bits per heavy atom. The van der Waals surface area contributed by atoms with Gasteiger partial charge in [-0.2, -0.15) is 0 Å². The average Bonchev–Trinajstić information content (AvgIpc) is 2.53. The lowest BCUT2D eigenvalue weighted by Crippen LogP contribution is -2.63. The molecule has 0 bridgehead atoms. The third-order valence-electron chi connectivity index (χ3n) is 3.55. The topological polar surface area (TPSA) is 83.1 Å². The number of para-hydroxylation sites is 1.